The van der Waals surface area contributed by atoms with Crippen LogP contribution in [0.5, 0.6) is 0 Å². The molecule has 1 rings (SSSR count). The van der Waals surface area contributed by atoms with E-state index in [0.717, 1.165) is 11.3 Å². The summed E-state index contributed by atoms with van der Waals surface area (Å²) < 4.78 is 4.57. The van der Waals surface area contributed by atoms with E-state index in [1.807, 2.05) is 20.8 Å². The summed E-state index contributed by atoms with van der Waals surface area (Å²) in [5.74, 6) is -0.590. The van der Waals surface area contributed by atoms with E-state index >= 15 is 0 Å². The van der Waals surface area contributed by atoms with Gasteiger partial charge in [0.25, 0.3) is 5.91 Å². The monoisotopic (exact) mass is 241 g/mol. The minimum absolute atomic E-state index is 0.173. The second kappa shape index (κ2) is 4.65. The molecule has 0 bridgehead atoms. The molecule has 1 heterocycles. The summed E-state index contributed by atoms with van der Waals surface area (Å²) in [6.45, 7) is 5.71. The Morgan fingerprint density at radius 2 is 1.81 bits per heavy atom. The van der Waals surface area contributed by atoms with Crippen molar-refractivity contribution in [2.75, 3.05) is 7.11 Å². The highest BCUT2D eigenvalue weighted by atomic mass is 32.1. The molecule has 1 amide bonds. The number of carbonyl (C=O) groups excluding carboxylic acids is 2. The fourth-order valence-corrected chi connectivity index (χ4v) is 1.89. The number of amides is 1. The first kappa shape index (κ1) is 12.7. The molecule has 0 fully saturated rings. The Hall–Kier alpha value is -1.36. The minimum atomic E-state index is -0.417. The van der Waals surface area contributed by atoms with Crippen molar-refractivity contribution in [1.82, 2.24) is 5.32 Å². The zero-order valence-corrected chi connectivity index (χ0v) is 10.6. The largest absolute Gasteiger partial charge is 0.465 e. The highest BCUT2D eigenvalue weighted by Crippen LogP contribution is 2.18. The standard InChI is InChI=1S/C11H15NO3S/c1-11(2,3)12-9(13)7-5-6-8(16-7)10(14)15-4/h5-6H,1-4H3,(H,12,13). The topological polar surface area (TPSA) is 55.4 Å². The average molecular weight is 241 g/mol. The van der Waals surface area contributed by atoms with Gasteiger partial charge in [0.15, 0.2) is 0 Å². The lowest BCUT2D eigenvalue weighted by molar-refractivity contribution is 0.0606. The van der Waals surface area contributed by atoms with E-state index in [2.05, 4.69) is 10.1 Å². The van der Waals surface area contributed by atoms with Crippen molar-refractivity contribution in [3.8, 4) is 0 Å². The molecule has 0 unspecified atom stereocenters. The molecule has 1 aromatic heterocycles. The smallest absolute Gasteiger partial charge is 0.348 e. The van der Waals surface area contributed by atoms with E-state index < -0.39 is 5.97 Å². The van der Waals surface area contributed by atoms with Gasteiger partial charge in [-0.3, -0.25) is 4.79 Å². The highest BCUT2D eigenvalue weighted by Gasteiger charge is 2.18. The number of thiophene rings is 1. The van der Waals surface area contributed by atoms with Crippen molar-refractivity contribution >= 4 is 23.2 Å². The van der Waals surface area contributed by atoms with E-state index in [1.54, 1.807) is 12.1 Å². The predicted octanol–water partition coefficient (Wildman–Crippen LogP) is 2.06. The SMILES string of the molecule is COC(=O)c1ccc(C(=O)NC(C)(C)C)s1. The summed E-state index contributed by atoms with van der Waals surface area (Å²) >= 11 is 1.13. The number of carbonyl (C=O) groups is 2. The summed E-state index contributed by atoms with van der Waals surface area (Å²) in [4.78, 5) is 23.9. The zero-order valence-electron chi connectivity index (χ0n) is 9.79. The number of hydrogen-bond acceptors (Lipinski definition) is 4. The van der Waals surface area contributed by atoms with Gasteiger partial charge in [0, 0.05) is 5.54 Å². The molecule has 0 radical (unpaired) electrons. The summed E-state index contributed by atoms with van der Waals surface area (Å²) in [7, 11) is 1.32. The van der Waals surface area contributed by atoms with Crippen molar-refractivity contribution < 1.29 is 14.3 Å². The lowest BCUT2D eigenvalue weighted by atomic mass is 10.1. The van der Waals surface area contributed by atoms with Gasteiger partial charge in [0.05, 0.1) is 12.0 Å². The molecule has 0 atom stereocenters. The molecule has 1 N–H and O–H groups in total. The quantitative estimate of drug-likeness (QED) is 0.806. The molecule has 0 aliphatic heterocycles. The van der Waals surface area contributed by atoms with Gasteiger partial charge in [-0.2, -0.15) is 0 Å². The van der Waals surface area contributed by atoms with Gasteiger partial charge in [-0.05, 0) is 32.9 Å². The third-order valence-electron chi connectivity index (χ3n) is 1.70. The summed E-state index contributed by atoms with van der Waals surface area (Å²) in [5, 5.41) is 2.83. The van der Waals surface area contributed by atoms with Crippen LogP contribution in [0.2, 0.25) is 0 Å². The molecule has 1 aromatic rings. The average Bonchev–Trinajstić information content (AvgIpc) is 2.62. The Bertz CT molecular complexity index is 404. The molecule has 0 aromatic carbocycles. The second-order valence-corrected chi connectivity index (χ2v) is 5.44. The first-order valence-corrected chi connectivity index (χ1v) is 5.66. The van der Waals surface area contributed by atoms with Gasteiger partial charge >= 0.3 is 5.97 Å². The van der Waals surface area contributed by atoms with Gasteiger partial charge in [-0.15, -0.1) is 11.3 Å². The summed E-state index contributed by atoms with van der Waals surface area (Å²) in [6.07, 6.45) is 0. The maximum atomic E-state index is 11.7. The fraction of sp³-hybridized carbons (Fsp3) is 0.455. The molecule has 88 valence electrons. The van der Waals surface area contributed by atoms with Crippen LogP contribution >= 0.6 is 11.3 Å². The van der Waals surface area contributed by atoms with Crippen LogP contribution in [0.1, 0.15) is 40.1 Å². The zero-order chi connectivity index (χ0) is 12.3. The van der Waals surface area contributed by atoms with E-state index in [1.165, 1.54) is 7.11 Å². The van der Waals surface area contributed by atoms with Crippen molar-refractivity contribution in [2.24, 2.45) is 0 Å². The lowest BCUT2D eigenvalue weighted by Crippen LogP contribution is -2.40. The van der Waals surface area contributed by atoms with Crippen LogP contribution in [0.15, 0.2) is 12.1 Å². The van der Waals surface area contributed by atoms with Crippen LogP contribution < -0.4 is 5.32 Å². The van der Waals surface area contributed by atoms with Gasteiger partial charge in [0.2, 0.25) is 0 Å². The lowest BCUT2D eigenvalue weighted by Gasteiger charge is -2.19. The number of esters is 1. The van der Waals surface area contributed by atoms with Gasteiger partial charge in [0.1, 0.15) is 4.88 Å². The molecular weight excluding hydrogens is 226 g/mol. The Labute approximate surface area is 98.6 Å². The van der Waals surface area contributed by atoms with Crippen LogP contribution in [0.25, 0.3) is 0 Å². The van der Waals surface area contributed by atoms with Crippen LogP contribution in [-0.2, 0) is 4.74 Å². The van der Waals surface area contributed by atoms with Crippen molar-refractivity contribution in [3.63, 3.8) is 0 Å². The molecule has 4 nitrogen and oxygen atoms in total. The Kier molecular flexibility index (Phi) is 3.70. The van der Waals surface area contributed by atoms with Gasteiger partial charge in [-0.1, -0.05) is 0 Å². The molecule has 0 aliphatic carbocycles. The second-order valence-electron chi connectivity index (χ2n) is 4.36. The van der Waals surface area contributed by atoms with Crippen molar-refractivity contribution in [1.29, 1.82) is 0 Å². The molecule has 0 saturated heterocycles. The Morgan fingerprint density at radius 1 is 1.25 bits per heavy atom. The summed E-state index contributed by atoms with van der Waals surface area (Å²) in [5.41, 5.74) is -0.285. The number of hydrogen-bond donors (Lipinski definition) is 1. The Morgan fingerprint density at radius 3 is 2.31 bits per heavy atom. The molecule has 0 aliphatic rings. The Balaban J connectivity index is 2.78. The van der Waals surface area contributed by atoms with Crippen LogP contribution in [0.4, 0.5) is 0 Å². The van der Waals surface area contributed by atoms with Crippen LogP contribution in [-0.4, -0.2) is 24.5 Å². The van der Waals surface area contributed by atoms with Crippen LogP contribution in [0, 0.1) is 0 Å². The third-order valence-corrected chi connectivity index (χ3v) is 2.77. The fourth-order valence-electron chi connectivity index (χ4n) is 1.07. The summed E-state index contributed by atoms with van der Waals surface area (Å²) in [6, 6.07) is 3.21. The van der Waals surface area contributed by atoms with E-state index in [4.69, 9.17) is 0 Å². The maximum Gasteiger partial charge on any atom is 0.348 e. The first-order valence-electron chi connectivity index (χ1n) is 4.84. The van der Waals surface area contributed by atoms with E-state index in [0.29, 0.717) is 9.75 Å². The molecular formula is C11H15NO3S. The minimum Gasteiger partial charge on any atom is -0.465 e. The van der Waals surface area contributed by atoms with Crippen molar-refractivity contribution in [3.05, 3.63) is 21.9 Å². The van der Waals surface area contributed by atoms with Crippen molar-refractivity contribution in [2.45, 2.75) is 26.3 Å². The highest BCUT2D eigenvalue weighted by molar-refractivity contribution is 7.15. The molecule has 0 spiro atoms. The number of methoxy groups -OCH3 is 1. The molecule has 5 heteroatoms. The molecule has 16 heavy (non-hydrogen) atoms. The number of ether oxygens (including phenoxy) is 1. The van der Waals surface area contributed by atoms with E-state index in [9.17, 15) is 9.59 Å². The molecule has 0 saturated carbocycles. The maximum absolute atomic E-state index is 11.7. The first-order chi connectivity index (χ1) is 7.33. The number of rotatable bonds is 2. The van der Waals surface area contributed by atoms with Gasteiger partial charge in [-0.25, -0.2) is 4.79 Å². The third kappa shape index (κ3) is 3.34. The normalized spacial score (nSPS) is 11.0. The number of nitrogens with one attached hydrogen (secondary N) is 1. The van der Waals surface area contributed by atoms with Crippen LogP contribution in [0.3, 0.4) is 0 Å². The van der Waals surface area contributed by atoms with E-state index in [-0.39, 0.29) is 11.4 Å². The predicted molar refractivity (Wildman–Crippen MR) is 62.9 cm³/mol. The van der Waals surface area contributed by atoms with Gasteiger partial charge < -0.3 is 10.1 Å².